The Bertz CT molecular complexity index is 736. The number of ether oxygens (including phenoxy) is 1. The van der Waals surface area contributed by atoms with Crippen LogP contribution < -0.4 is 5.32 Å². The molecule has 136 valence electrons. The third-order valence-corrected chi connectivity index (χ3v) is 4.63. The van der Waals surface area contributed by atoms with Crippen molar-refractivity contribution in [1.29, 1.82) is 0 Å². The lowest BCUT2D eigenvalue weighted by molar-refractivity contribution is 0.110. The number of benzene rings is 2. The van der Waals surface area contributed by atoms with Crippen LogP contribution in [0.1, 0.15) is 23.5 Å². The number of carbonyl (C=O) groups excluding carboxylic acids is 1. The van der Waals surface area contributed by atoms with Gasteiger partial charge in [-0.25, -0.2) is 9.59 Å². The van der Waals surface area contributed by atoms with Crippen LogP contribution in [0.5, 0.6) is 0 Å². The Labute approximate surface area is 152 Å². The summed E-state index contributed by atoms with van der Waals surface area (Å²) in [6, 6.07) is 19.0. The molecule has 2 amide bonds. The molecule has 1 aliphatic heterocycles. The highest BCUT2D eigenvalue weighted by Gasteiger charge is 2.33. The predicted molar refractivity (Wildman–Crippen MR) is 96.9 cm³/mol. The number of amides is 2. The molecule has 2 aromatic rings. The van der Waals surface area contributed by atoms with Crippen molar-refractivity contribution >= 4 is 12.2 Å². The fourth-order valence-corrected chi connectivity index (χ4v) is 3.25. The van der Waals surface area contributed by atoms with Crippen LogP contribution in [-0.4, -0.2) is 41.3 Å². The second-order valence-corrected chi connectivity index (χ2v) is 6.35. The van der Waals surface area contributed by atoms with Gasteiger partial charge in [-0.3, -0.25) is 0 Å². The largest absolute Gasteiger partial charge is 0.465 e. The normalized spacial score (nSPS) is 19.6. The molecular formula is C20H22N2O4. The lowest BCUT2D eigenvalue weighted by atomic mass is 9.86. The third-order valence-electron chi connectivity index (χ3n) is 4.63. The first-order valence-corrected chi connectivity index (χ1v) is 8.63. The van der Waals surface area contributed by atoms with E-state index in [1.165, 1.54) is 4.90 Å². The van der Waals surface area contributed by atoms with Gasteiger partial charge in [0.05, 0.1) is 0 Å². The maximum Gasteiger partial charge on any atom is 0.407 e. The lowest BCUT2D eigenvalue weighted by Gasteiger charge is -2.37. The molecule has 6 nitrogen and oxygen atoms in total. The first-order chi connectivity index (χ1) is 12.6. The van der Waals surface area contributed by atoms with E-state index in [0.717, 1.165) is 11.1 Å². The molecule has 3 rings (SSSR count). The number of alkyl carbamates (subject to hydrolysis) is 1. The zero-order valence-corrected chi connectivity index (χ0v) is 14.4. The van der Waals surface area contributed by atoms with E-state index in [1.54, 1.807) is 0 Å². The number of carbonyl (C=O) groups is 2. The maximum atomic E-state index is 12.2. The number of rotatable bonds is 4. The summed E-state index contributed by atoms with van der Waals surface area (Å²) in [7, 11) is 0. The first-order valence-electron chi connectivity index (χ1n) is 8.63. The second kappa shape index (κ2) is 8.38. The van der Waals surface area contributed by atoms with Crippen molar-refractivity contribution in [3.63, 3.8) is 0 Å². The average Bonchev–Trinajstić information content (AvgIpc) is 2.68. The molecule has 2 aromatic carbocycles. The summed E-state index contributed by atoms with van der Waals surface area (Å²) in [6.45, 7) is 0.946. The van der Waals surface area contributed by atoms with Gasteiger partial charge in [-0.05, 0) is 17.5 Å². The molecule has 0 saturated carbocycles. The van der Waals surface area contributed by atoms with E-state index in [0.29, 0.717) is 19.5 Å². The summed E-state index contributed by atoms with van der Waals surface area (Å²) in [6.07, 6.45) is -0.869. The van der Waals surface area contributed by atoms with Crippen LogP contribution >= 0.6 is 0 Å². The van der Waals surface area contributed by atoms with Crippen LogP contribution in [0.2, 0.25) is 0 Å². The zero-order valence-electron chi connectivity index (χ0n) is 14.4. The van der Waals surface area contributed by atoms with E-state index in [2.05, 4.69) is 5.32 Å². The average molecular weight is 354 g/mol. The Balaban J connectivity index is 1.64. The monoisotopic (exact) mass is 354 g/mol. The van der Waals surface area contributed by atoms with Crippen molar-refractivity contribution in [2.75, 3.05) is 13.1 Å². The molecule has 1 saturated heterocycles. The minimum Gasteiger partial charge on any atom is -0.465 e. The van der Waals surface area contributed by atoms with E-state index < -0.39 is 12.2 Å². The van der Waals surface area contributed by atoms with Crippen molar-refractivity contribution in [3.8, 4) is 0 Å². The van der Waals surface area contributed by atoms with Gasteiger partial charge in [-0.15, -0.1) is 0 Å². The molecule has 0 aromatic heterocycles. The Morgan fingerprint density at radius 2 is 1.73 bits per heavy atom. The van der Waals surface area contributed by atoms with Gasteiger partial charge in [0, 0.05) is 25.0 Å². The van der Waals surface area contributed by atoms with Gasteiger partial charge in [-0.1, -0.05) is 60.7 Å². The van der Waals surface area contributed by atoms with Crippen LogP contribution in [0.15, 0.2) is 60.7 Å². The number of hydrogen-bond donors (Lipinski definition) is 2. The standard InChI is InChI=1S/C20H22N2O4/c23-19(26-14-15-7-3-1-4-8-15)21-18-11-12-22(20(24)25)13-17(18)16-9-5-2-6-10-16/h1-10,17-18H,11-14H2,(H,21,23)(H,24,25)/t17-,18+/m0/s1. The third kappa shape index (κ3) is 4.53. The smallest absolute Gasteiger partial charge is 0.407 e. The molecule has 2 atom stereocenters. The zero-order chi connectivity index (χ0) is 18.4. The number of nitrogens with zero attached hydrogens (tertiary/aromatic N) is 1. The molecule has 1 aliphatic rings. The van der Waals surface area contributed by atoms with E-state index >= 15 is 0 Å². The molecule has 0 bridgehead atoms. The first kappa shape index (κ1) is 17.8. The van der Waals surface area contributed by atoms with Crippen molar-refractivity contribution in [2.45, 2.75) is 25.0 Å². The topological polar surface area (TPSA) is 78.9 Å². The molecule has 1 heterocycles. The van der Waals surface area contributed by atoms with Gasteiger partial charge < -0.3 is 20.1 Å². The van der Waals surface area contributed by atoms with E-state index in [-0.39, 0.29) is 18.6 Å². The summed E-state index contributed by atoms with van der Waals surface area (Å²) >= 11 is 0. The number of hydrogen-bond acceptors (Lipinski definition) is 3. The fourth-order valence-electron chi connectivity index (χ4n) is 3.25. The van der Waals surface area contributed by atoms with Crippen molar-refractivity contribution in [2.24, 2.45) is 0 Å². The fraction of sp³-hybridized carbons (Fsp3) is 0.300. The van der Waals surface area contributed by atoms with Crippen LogP contribution in [-0.2, 0) is 11.3 Å². The Hall–Kier alpha value is -3.02. The van der Waals surface area contributed by atoms with Gasteiger partial charge >= 0.3 is 12.2 Å². The molecule has 0 radical (unpaired) electrons. The van der Waals surface area contributed by atoms with Gasteiger partial charge in [0.25, 0.3) is 0 Å². The molecule has 0 unspecified atom stereocenters. The number of piperidine rings is 1. The van der Waals surface area contributed by atoms with E-state index in [1.807, 2.05) is 60.7 Å². The summed E-state index contributed by atoms with van der Waals surface area (Å²) in [5.74, 6) is -0.106. The Morgan fingerprint density at radius 3 is 2.38 bits per heavy atom. The minimum atomic E-state index is -0.934. The van der Waals surface area contributed by atoms with Crippen molar-refractivity contribution < 1.29 is 19.4 Å². The van der Waals surface area contributed by atoms with E-state index in [9.17, 15) is 14.7 Å². The van der Waals surface area contributed by atoms with Gasteiger partial charge in [0.15, 0.2) is 0 Å². The van der Waals surface area contributed by atoms with Gasteiger partial charge in [0.2, 0.25) is 0 Å². The summed E-state index contributed by atoms with van der Waals surface area (Å²) < 4.78 is 5.31. The number of nitrogens with one attached hydrogen (secondary N) is 1. The van der Waals surface area contributed by atoms with Crippen LogP contribution in [0.4, 0.5) is 9.59 Å². The van der Waals surface area contributed by atoms with E-state index in [4.69, 9.17) is 4.74 Å². The summed E-state index contributed by atoms with van der Waals surface area (Å²) in [5, 5.41) is 12.2. The molecular weight excluding hydrogens is 332 g/mol. The highest BCUT2D eigenvalue weighted by molar-refractivity contribution is 5.68. The maximum absolute atomic E-state index is 12.2. The SMILES string of the molecule is O=C(N[C@@H]1CCN(C(=O)O)C[C@H]1c1ccccc1)OCc1ccccc1. The molecule has 1 fully saturated rings. The molecule has 0 spiro atoms. The second-order valence-electron chi connectivity index (χ2n) is 6.35. The lowest BCUT2D eigenvalue weighted by Crippen LogP contribution is -2.51. The quantitative estimate of drug-likeness (QED) is 0.881. The number of likely N-dealkylation sites (tertiary alicyclic amines) is 1. The molecule has 26 heavy (non-hydrogen) atoms. The molecule has 6 heteroatoms. The highest BCUT2D eigenvalue weighted by Crippen LogP contribution is 2.27. The molecule has 0 aliphatic carbocycles. The van der Waals surface area contributed by atoms with Crippen LogP contribution in [0.25, 0.3) is 0 Å². The summed E-state index contributed by atoms with van der Waals surface area (Å²) in [5.41, 5.74) is 1.93. The highest BCUT2D eigenvalue weighted by atomic mass is 16.5. The van der Waals surface area contributed by atoms with Gasteiger partial charge in [-0.2, -0.15) is 0 Å². The minimum absolute atomic E-state index is 0.106. The summed E-state index contributed by atoms with van der Waals surface area (Å²) in [4.78, 5) is 24.9. The van der Waals surface area contributed by atoms with Crippen LogP contribution in [0, 0.1) is 0 Å². The Kier molecular flexibility index (Phi) is 5.73. The van der Waals surface area contributed by atoms with Crippen LogP contribution in [0.3, 0.4) is 0 Å². The van der Waals surface area contributed by atoms with Gasteiger partial charge in [0.1, 0.15) is 6.61 Å². The number of carboxylic acid groups (broad SMARTS) is 1. The molecule has 2 N–H and O–H groups in total. The van der Waals surface area contributed by atoms with Crippen molar-refractivity contribution in [1.82, 2.24) is 10.2 Å². The Morgan fingerprint density at radius 1 is 1.08 bits per heavy atom. The predicted octanol–water partition coefficient (Wildman–Crippen LogP) is 3.45. The van der Waals surface area contributed by atoms with Crippen molar-refractivity contribution in [3.05, 3.63) is 71.8 Å².